The van der Waals surface area contributed by atoms with Crippen molar-refractivity contribution in [2.75, 3.05) is 0 Å². The molecular formula is C16H12N2O5. The molecule has 0 unspecified atom stereocenters. The van der Waals surface area contributed by atoms with Crippen molar-refractivity contribution >= 4 is 23.4 Å². The Hall–Kier alpha value is -3.22. The molecule has 1 aliphatic carbocycles. The molecule has 1 aromatic heterocycles. The highest BCUT2D eigenvalue weighted by Crippen LogP contribution is 2.40. The Morgan fingerprint density at radius 1 is 1.13 bits per heavy atom. The molecule has 7 nitrogen and oxygen atoms in total. The highest BCUT2D eigenvalue weighted by atomic mass is 16.4. The van der Waals surface area contributed by atoms with E-state index in [-0.39, 0.29) is 33.5 Å². The van der Waals surface area contributed by atoms with E-state index in [1.165, 1.54) is 29.8 Å². The van der Waals surface area contributed by atoms with Crippen LogP contribution in [0.1, 0.15) is 47.3 Å². The highest BCUT2D eigenvalue weighted by molar-refractivity contribution is 6.54. The molecule has 0 spiro atoms. The van der Waals surface area contributed by atoms with Crippen LogP contribution in [0, 0.1) is 6.92 Å². The molecule has 0 radical (unpaired) electrons. The van der Waals surface area contributed by atoms with Crippen LogP contribution in [0.2, 0.25) is 0 Å². The first-order chi connectivity index (χ1) is 10.8. The number of carbonyl (C=O) groups excluding carboxylic acids is 3. The summed E-state index contributed by atoms with van der Waals surface area (Å²) in [6.45, 7) is 1.55. The zero-order chi connectivity index (χ0) is 17.0. The molecular weight excluding hydrogens is 300 g/mol. The summed E-state index contributed by atoms with van der Waals surface area (Å²) in [5.41, 5.74) is 5.74. The van der Waals surface area contributed by atoms with Crippen LogP contribution in [-0.4, -0.2) is 33.1 Å². The number of hydrogen-bond acceptors (Lipinski definition) is 4. The van der Waals surface area contributed by atoms with Crippen molar-refractivity contribution in [1.29, 1.82) is 0 Å². The molecule has 0 aliphatic heterocycles. The number of amides is 1. The number of aromatic carboxylic acids is 1. The third-order valence-electron chi connectivity index (χ3n) is 4.15. The number of nitrogens with two attached hydrogens (primary N) is 1. The van der Waals surface area contributed by atoms with E-state index < -0.39 is 23.4 Å². The van der Waals surface area contributed by atoms with Crippen LogP contribution in [0.5, 0.6) is 0 Å². The van der Waals surface area contributed by atoms with Gasteiger partial charge < -0.3 is 15.4 Å². The van der Waals surface area contributed by atoms with E-state index in [1.54, 1.807) is 6.92 Å². The highest BCUT2D eigenvalue weighted by Gasteiger charge is 2.39. The molecule has 1 heterocycles. The first kappa shape index (κ1) is 14.7. The molecule has 0 bridgehead atoms. The zero-order valence-corrected chi connectivity index (χ0v) is 12.3. The van der Waals surface area contributed by atoms with Crippen LogP contribution in [0.15, 0.2) is 18.2 Å². The molecule has 3 rings (SSSR count). The third kappa shape index (κ3) is 1.76. The van der Waals surface area contributed by atoms with E-state index in [0.717, 1.165) is 0 Å². The Morgan fingerprint density at radius 3 is 2.35 bits per heavy atom. The summed E-state index contributed by atoms with van der Waals surface area (Å²) in [6.07, 6.45) is 0. The SMILES string of the molecule is Cc1c(C(=O)O)c2c(n1C)C(=O)C(=O)c1c(C(N)=O)cccc1-2. The fraction of sp³-hybridized carbons (Fsp3) is 0.125. The van der Waals surface area contributed by atoms with Gasteiger partial charge in [0.05, 0.1) is 11.1 Å². The fourth-order valence-corrected chi connectivity index (χ4v) is 3.02. The summed E-state index contributed by atoms with van der Waals surface area (Å²) in [5.74, 6) is -3.77. The summed E-state index contributed by atoms with van der Waals surface area (Å²) in [7, 11) is 1.52. The number of carboxylic acids is 1. The van der Waals surface area contributed by atoms with Gasteiger partial charge in [0.25, 0.3) is 5.78 Å². The molecule has 0 saturated carbocycles. The molecule has 0 saturated heterocycles. The van der Waals surface area contributed by atoms with Crippen molar-refractivity contribution in [2.24, 2.45) is 12.8 Å². The van der Waals surface area contributed by atoms with Gasteiger partial charge in [-0.2, -0.15) is 0 Å². The van der Waals surface area contributed by atoms with Gasteiger partial charge in [0.15, 0.2) is 0 Å². The molecule has 1 aliphatic rings. The summed E-state index contributed by atoms with van der Waals surface area (Å²) in [5, 5.41) is 9.49. The second-order valence-electron chi connectivity index (χ2n) is 5.30. The number of hydrogen-bond donors (Lipinski definition) is 2. The standard InChI is InChI=1S/C16H12N2O5/c1-6-9(16(22)23)11-7-4-3-5-8(15(17)21)10(7)13(19)14(20)12(11)18(6)2/h3-5H,1-2H3,(H2,17,21)(H,22,23). The van der Waals surface area contributed by atoms with Crippen LogP contribution < -0.4 is 5.73 Å². The molecule has 1 amide bonds. The minimum absolute atomic E-state index is 0.0130. The van der Waals surface area contributed by atoms with Crippen LogP contribution >= 0.6 is 0 Å². The lowest BCUT2D eigenvalue weighted by Gasteiger charge is -2.18. The fourth-order valence-electron chi connectivity index (χ4n) is 3.02. The smallest absolute Gasteiger partial charge is 0.338 e. The van der Waals surface area contributed by atoms with Gasteiger partial charge in [-0.25, -0.2) is 4.79 Å². The van der Waals surface area contributed by atoms with Crippen LogP contribution in [-0.2, 0) is 7.05 Å². The van der Waals surface area contributed by atoms with E-state index >= 15 is 0 Å². The lowest BCUT2D eigenvalue weighted by atomic mass is 9.83. The number of benzene rings is 1. The van der Waals surface area contributed by atoms with Gasteiger partial charge in [-0.1, -0.05) is 12.1 Å². The van der Waals surface area contributed by atoms with Crippen molar-refractivity contribution in [2.45, 2.75) is 6.92 Å². The molecule has 116 valence electrons. The average Bonchev–Trinajstić information content (AvgIpc) is 2.76. The van der Waals surface area contributed by atoms with E-state index in [1.807, 2.05) is 0 Å². The number of primary amides is 1. The van der Waals surface area contributed by atoms with Crippen molar-refractivity contribution in [3.05, 3.63) is 46.3 Å². The van der Waals surface area contributed by atoms with Gasteiger partial charge in [-0.3, -0.25) is 14.4 Å². The summed E-state index contributed by atoms with van der Waals surface area (Å²) in [6, 6.07) is 4.35. The summed E-state index contributed by atoms with van der Waals surface area (Å²) in [4.78, 5) is 48.1. The predicted octanol–water partition coefficient (Wildman–Crippen LogP) is 1.18. The Morgan fingerprint density at radius 2 is 1.78 bits per heavy atom. The maximum Gasteiger partial charge on any atom is 0.338 e. The number of nitrogens with zero attached hydrogens (tertiary/aromatic N) is 1. The summed E-state index contributed by atoms with van der Waals surface area (Å²) >= 11 is 0. The van der Waals surface area contributed by atoms with E-state index in [0.29, 0.717) is 5.69 Å². The predicted molar refractivity (Wildman–Crippen MR) is 79.7 cm³/mol. The number of aromatic nitrogens is 1. The number of Topliss-reactive ketones (excluding diaryl/α,β-unsaturated/α-hetero) is 2. The molecule has 0 fully saturated rings. The Labute approximate surface area is 130 Å². The quantitative estimate of drug-likeness (QED) is 0.807. The zero-order valence-electron chi connectivity index (χ0n) is 12.3. The van der Waals surface area contributed by atoms with Gasteiger partial charge >= 0.3 is 5.97 Å². The number of carboxylic acid groups (broad SMARTS) is 1. The Balaban J connectivity index is 2.53. The summed E-state index contributed by atoms with van der Waals surface area (Å²) < 4.78 is 1.39. The normalized spacial score (nSPS) is 12.8. The van der Waals surface area contributed by atoms with Crippen LogP contribution in [0.25, 0.3) is 11.1 Å². The van der Waals surface area contributed by atoms with Gasteiger partial charge in [-0.05, 0) is 18.6 Å². The molecule has 1 aromatic carbocycles. The molecule has 7 heteroatoms. The minimum Gasteiger partial charge on any atom is -0.478 e. The third-order valence-corrected chi connectivity index (χ3v) is 4.15. The second-order valence-corrected chi connectivity index (χ2v) is 5.30. The minimum atomic E-state index is -1.21. The van der Waals surface area contributed by atoms with Gasteiger partial charge in [0.2, 0.25) is 11.7 Å². The van der Waals surface area contributed by atoms with Crippen molar-refractivity contribution in [3.8, 4) is 11.1 Å². The number of rotatable bonds is 2. The van der Waals surface area contributed by atoms with Gasteiger partial charge in [-0.15, -0.1) is 0 Å². The van der Waals surface area contributed by atoms with E-state index in [9.17, 15) is 24.3 Å². The first-order valence-electron chi connectivity index (χ1n) is 6.72. The molecule has 23 heavy (non-hydrogen) atoms. The van der Waals surface area contributed by atoms with Crippen LogP contribution in [0.4, 0.5) is 0 Å². The van der Waals surface area contributed by atoms with Crippen LogP contribution in [0.3, 0.4) is 0 Å². The average molecular weight is 312 g/mol. The monoisotopic (exact) mass is 312 g/mol. The Bertz CT molecular complexity index is 936. The number of fused-ring (bicyclic) bond motifs is 3. The van der Waals surface area contributed by atoms with Crippen molar-refractivity contribution < 1.29 is 24.3 Å². The largest absolute Gasteiger partial charge is 0.478 e. The molecule has 0 atom stereocenters. The number of carbonyl (C=O) groups is 4. The molecule has 3 N–H and O–H groups in total. The van der Waals surface area contributed by atoms with E-state index in [2.05, 4.69) is 0 Å². The topological polar surface area (TPSA) is 119 Å². The van der Waals surface area contributed by atoms with Gasteiger partial charge in [0.1, 0.15) is 5.69 Å². The maximum atomic E-state index is 12.4. The lowest BCUT2D eigenvalue weighted by molar-refractivity contribution is 0.0696. The number of ketones is 2. The van der Waals surface area contributed by atoms with Crippen molar-refractivity contribution in [1.82, 2.24) is 4.57 Å². The first-order valence-corrected chi connectivity index (χ1v) is 6.72. The van der Waals surface area contributed by atoms with E-state index in [4.69, 9.17) is 5.73 Å². The molecule has 2 aromatic rings. The lowest BCUT2D eigenvalue weighted by Crippen LogP contribution is -2.27. The Kier molecular flexibility index (Phi) is 2.97. The second kappa shape index (κ2) is 4.64. The maximum absolute atomic E-state index is 12.4. The van der Waals surface area contributed by atoms with Crippen molar-refractivity contribution in [3.63, 3.8) is 0 Å². The van der Waals surface area contributed by atoms with Gasteiger partial charge in [0, 0.05) is 23.9 Å².